The SMILES string of the molecule is O=C(Oc1ccc2c(c1)CCC2)N1CCNCC1. The quantitative estimate of drug-likeness (QED) is 0.818. The van der Waals surface area contributed by atoms with Gasteiger partial charge in [-0.1, -0.05) is 6.07 Å². The van der Waals surface area contributed by atoms with Crippen molar-refractivity contribution in [1.29, 1.82) is 0 Å². The van der Waals surface area contributed by atoms with E-state index in [9.17, 15) is 4.79 Å². The second-order valence-electron chi connectivity index (χ2n) is 4.89. The molecule has 1 aromatic rings. The molecule has 0 bridgehead atoms. The Morgan fingerprint density at radius 3 is 2.78 bits per heavy atom. The molecule has 18 heavy (non-hydrogen) atoms. The maximum absolute atomic E-state index is 11.9. The summed E-state index contributed by atoms with van der Waals surface area (Å²) in [6.45, 7) is 3.14. The van der Waals surface area contributed by atoms with Gasteiger partial charge in [0.15, 0.2) is 0 Å². The number of piperazine rings is 1. The summed E-state index contributed by atoms with van der Waals surface area (Å²) in [5.41, 5.74) is 2.73. The van der Waals surface area contributed by atoms with Crippen LogP contribution < -0.4 is 10.1 Å². The van der Waals surface area contributed by atoms with E-state index in [-0.39, 0.29) is 6.09 Å². The van der Waals surface area contributed by atoms with Crippen molar-refractivity contribution < 1.29 is 9.53 Å². The molecule has 1 aliphatic carbocycles. The molecule has 0 saturated carbocycles. The summed E-state index contributed by atoms with van der Waals surface area (Å²) in [4.78, 5) is 13.7. The number of nitrogens with zero attached hydrogens (tertiary/aromatic N) is 1. The minimum atomic E-state index is -0.227. The lowest BCUT2D eigenvalue weighted by Gasteiger charge is -2.26. The molecule has 4 nitrogen and oxygen atoms in total. The van der Waals surface area contributed by atoms with Gasteiger partial charge in [0.05, 0.1) is 0 Å². The Kier molecular flexibility index (Phi) is 3.19. The minimum absolute atomic E-state index is 0.227. The van der Waals surface area contributed by atoms with Crippen LogP contribution in [-0.4, -0.2) is 37.2 Å². The highest BCUT2D eigenvalue weighted by molar-refractivity contribution is 5.71. The minimum Gasteiger partial charge on any atom is -0.410 e. The molecule has 0 unspecified atom stereocenters. The number of nitrogens with one attached hydrogen (secondary N) is 1. The average Bonchev–Trinajstić information content (AvgIpc) is 2.87. The van der Waals surface area contributed by atoms with Crippen LogP contribution in [-0.2, 0) is 12.8 Å². The molecule has 1 fully saturated rings. The first-order valence-corrected chi connectivity index (χ1v) is 6.62. The van der Waals surface area contributed by atoms with Crippen LogP contribution in [0.5, 0.6) is 5.75 Å². The number of hydrogen-bond donors (Lipinski definition) is 1. The fourth-order valence-corrected chi connectivity index (χ4v) is 2.62. The van der Waals surface area contributed by atoms with Gasteiger partial charge in [0.1, 0.15) is 5.75 Å². The molecule has 2 aliphatic rings. The number of rotatable bonds is 1. The van der Waals surface area contributed by atoms with Crippen LogP contribution in [0.15, 0.2) is 18.2 Å². The fraction of sp³-hybridized carbons (Fsp3) is 0.500. The Hall–Kier alpha value is -1.55. The highest BCUT2D eigenvalue weighted by Crippen LogP contribution is 2.26. The molecule has 1 aromatic carbocycles. The number of carbonyl (C=O) groups excluding carboxylic acids is 1. The van der Waals surface area contributed by atoms with Gasteiger partial charge < -0.3 is 15.0 Å². The zero-order valence-corrected chi connectivity index (χ0v) is 10.4. The van der Waals surface area contributed by atoms with E-state index in [2.05, 4.69) is 11.4 Å². The molecule has 0 atom stereocenters. The van der Waals surface area contributed by atoms with E-state index in [1.165, 1.54) is 17.5 Å². The van der Waals surface area contributed by atoms with E-state index in [0.29, 0.717) is 5.75 Å². The summed E-state index contributed by atoms with van der Waals surface area (Å²) in [6.07, 6.45) is 3.25. The Labute approximate surface area is 107 Å². The van der Waals surface area contributed by atoms with Crippen molar-refractivity contribution in [3.8, 4) is 5.75 Å². The zero-order chi connectivity index (χ0) is 12.4. The normalized spacial score (nSPS) is 18.6. The van der Waals surface area contributed by atoms with Gasteiger partial charge in [0, 0.05) is 26.2 Å². The van der Waals surface area contributed by atoms with Crippen LogP contribution in [0.4, 0.5) is 4.79 Å². The van der Waals surface area contributed by atoms with Gasteiger partial charge in [-0.05, 0) is 42.5 Å². The van der Waals surface area contributed by atoms with E-state index in [1.807, 2.05) is 12.1 Å². The summed E-state index contributed by atoms with van der Waals surface area (Å²) in [6, 6.07) is 6.01. The molecule has 96 valence electrons. The molecule has 1 heterocycles. The lowest BCUT2D eigenvalue weighted by Crippen LogP contribution is -2.47. The van der Waals surface area contributed by atoms with Gasteiger partial charge in [0.2, 0.25) is 0 Å². The second-order valence-corrected chi connectivity index (χ2v) is 4.89. The number of benzene rings is 1. The maximum Gasteiger partial charge on any atom is 0.415 e. The van der Waals surface area contributed by atoms with Crippen LogP contribution in [0.2, 0.25) is 0 Å². The largest absolute Gasteiger partial charge is 0.415 e. The van der Waals surface area contributed by atoms with Crippen molar-refractivity contribution >= 4 is 6.09 Å². The lowest BCUT2D eigenvalue weighted by atomic mass is 10.1. The Bertz CT molecular complexity index is 453. The van der Waals surface area contributed by atoms with E-state index in [0.717, 1.165) is 39.0 Å². The smallest absolute Gasteiger partial charge is 0.410 e. The zero-order valence-electron chi connectivity index (χ0n) is 10.4. The van der Waals surface area contributed by atoms with E-state index < -0.39 is 0 Å². The van der Waals surface area contributed by atoms with Gasteiger partial charge in [-0.25, -0.2) is 4.79 Å². The summed E-state index contributed by atoms with van der Waals surface area (Å²) >= 11 is 0. The van der Waals surface area contributed by atoms with Crippen molar-refractivity contribution in [3.63, 3.8) is 0 Å². The molecule has 3 rings (SSSR count). The van der Waals surface area contributed by atoms with Crippen LogP contribution >= 0.6 is 0 Å². The van der Waals surface area contributed by atoms with E-state index in [4.69, 9.17) is 4.74 Å². The molecule has 0 spiro atoms. The summed E-state index contributed by atoms with van der Waals surface area (Å²) in [5.74, 6) is 0.680. The standard InChI is InChI=1S/C14H18N2O2/c17-14(16-8-6-15-7-9-16)18-13-5-4-11-2-1-3-12(11)10-13/h4-5,10,15H,1-3,6-9H2. The number of ether oxygens (including phenoxy) is 1. The third-order valence-electron chi connectivity index (χ3n) is 3.65. The summed E-state index contributed by atoms with van der Waals surface area (Å²) in [5, 5.41) is 3.22. The molecule has 1 saturated heterocycles. The van der Waals surface area contributed by atoms with Crippen LogP contribution in [0, 0.1) is 0 Å². The van der Waals surface area contributed by atoms with Gasteiger partial charge in [-0.15, -0.1) is 0 Å². The first kappa shape index (κ1) is 11.5. The topological polar surface area (TPSA) is 41.6 Å². The van der Waals surface area contributed by atoms with Gasteiger partial charge in [-0.2, -0.15) is 0 Å². The molecule has 1 amide bonds. The summed E-state index contributed by atoms with van der Waals surface area (Å²) < 4.78 is 5.44. The van der Waals surface area contributed by atoms with Crippen LogP contribution in [0.25, 0.3) is 0 Å². The van der Waals surface area contributed by atoms with Crippen molar-refractivity contribution in [2.24, 2.45) is 0 Å². The number of amides is 1. The predicted molar refractivity (Wildman–Crippen MR) is 68.9 cm³/mol. The predicted octanol–water partition coefficient (Wildman–Crippen LogP) is 1.58. The summed E-state index contributed by atoms with van der Waals surface area (Å²) in [7, 11) is 0. The highest BCUT2D eigenvalue weighted by atomic mass is 16.6. The Morgan fingerprint density at radius 1 is 1.17 bits per heavy atom. The average molecular weight is 246 g/mol. The van der Waals surface area contributed by atoms with Gasteiger partial charge in [-0.3, -0.25) is 0 Å². The molecule has 1 N–H and O–H groups in total. The Balaban J connectivity index is 1.66. The third kappa shape index (κ3) is 2.34. The molecule has 1 aliphatic heterocycles. The van der Waals surface area contributed by atoms with Crippen molar-refractivity contribution in [2.75, 3.05) is 26.2 Å². The Morgan fingerprint density at radius 2 is 1.94 bits per heavy atom. The molecular formula is C14H18N2O2. The van der Waals surface area contributed by atoms with Crippen molar-refractivity contribution in [2.45, 2.75) is 19.3 Å². The maximum atomic E-state index is 11.9. The van der Waals surface area contributed by atoms with E-state index in [1.54, 1.807) is 4.90 Å². The van der Waals surface area contributed by atoms with Gasteiger partial charge >= 0.3 is 6.09 Å². The molecule has 4 heteroatoms. The van der Waals surface area contributed by atoms with Crippen LogP contribution in [0.1, 0.15) is 17.5 Å². The first-order valence-electron chi connectivity index (χ1n) is 6.62. The monoisotopic (exact) mass is 246 g/mol. The van der Waals surface area contributed by atoms with Crippen molar-refractivity contribution in [1.82, 2.24) is 10.2 Å². The van der Waals surface area contributed by atoms with E-state index >= 15 is 0 Å². The molecular weight excluding hydrogens is 228 g/mol. The molecule has 0 aromatic heterocycles. The lowest BCUT2D eigenvalue weighted by molar-refractivity contribution is 0.146. The second kappa shape index (κ2) is 4.98. The van der Waals surface area contributed by atoms with Crippen LogP contribution in [0.3, 0.4) is 0 Å². The molecule has 0 radical (unpaired) electrons. The number of carbonyl (C=O) groups is 1. The van der Waals surface area contributed by atoms with Gasteiger partial charge in [0.25, 0.3) is 0 Å². The first-order chi connectivity index (χ1) is 8.83. The fourth-order valence-electron chi connectivity index (χ4n) is 2.62. The number of hydrogen-bond acceptors (Lipinski definition) is 3. The van der Waals surface area contributed by atoms with Crippen molar-refractivity contribution in [3.05, 3.63) is 29.3 Å². The third-order valence-corrected chi connectivity index (χ3v) is 3.65. The highest BCUT2D eigenvalue weighted by Gasteiger charge is 2.19. The number of aryl methyl sites for hydroxylation is 2. The number of fused-ring (bicyclic) bond motifs is 1.